The van der Waals surface area contributed by atoms with Gasteiger partial charge in [0.2, 0.25) is 0 Å². The van der Waals surface area contributed by atoms with E-state index in [1.165, 1.54) is 0 Å². The predicted octanol–water partition coefficient (Wildman–Crippen LogP) is 2.17. The summed E-state index contributed by atoms with van der Waals surface area (Å²) < 4.78 is 30.5. The van der Waals surface area contributed by atoms with E-state index < -0.39 is 26.1 Å². The van der Waals surface area contributed by atoms with Crippen LogP contribution in [-0.4, -0.2) is 19.1 Å². The molecular formula is C15H16O4S. The lowest BCUT2D eigenvalue weighted by atomic mass is 9.84. The Balaban J connectivity index is 2.01. The minimum atomic E-state index is -3.48. The molecule has 1 aliphatic carbocycles. The van der Waals surface area contributed by atoms with E-state index in [-0.39, 0.29) is 5.97 Å². The first-order chi connectivity index (χ1) is 9.51. The van der Waals surface area contributed by atoms with Gasteiger partial charge in [-0.25, -0.2) is 8.42 Å². The quantitative estimate of drug-likeness (QED) is 0.801. The van der Waals surface area contributed by atoms with Gasteiger partial charge < -0.3 is 4.74 Å². The summed E-state index contributed by atoms with van der Waals surface area (Å²) >= 11 is 0. The van der Waals surface area contributed by atoms with Gasteiger partial charge >= 0.3 is 5.97 Å². The molecule has 0 unspecified atom stereocenters. The van der Waals surface area contributed by atoms with Gasteiger partial charge in [-0.1, -0.05) is 31.5 Å². The molecule has 0 aromatic heterocycles. The normalized spacial score (nSPS) is 38.9. The Morgan fingerprint density at radius 3 is 2.80 bits per heavy atom. The summed E-state index contributed by atoms with van der Waals surface area (Å²) in [7, 11) is -3.48. The zero-order chi connectivity index (χ0) is 14.2. The predicted molar refractivity (Wildman–Crippen MR) is 71.8 cm³/mol. The van der Waals surface area contributed by atoms with E-state index in [0.717, 1.165) is 12.8 Å². The van der Waals surface area contributed by atoms with Crippen LogP contribution in [0.15, 0.2) is 29.2 Å². The van der Waals surface area contributed by atoms with E-state index in [1.807, 2.05) is 12.1 Å². The number of rotatable bonds is 3. The van der Waals surface area contributed by atoms with Crippen LogP contribution in [0.3, 0.4) is 0 Å². The molecule has 2 heterocycles. The lowest BCUT2D eigenvalue weighted by molar-refractivity contribution is -0.155. The zero-order valence-corrected chi connectivity index (χ0v) is 12.1. The topological polar surface area (TPSA) is 60.4 Å². The van der Waals surface area contributed by atoms with Crippen LogP contribution in [0.25, 0.3) is 0 Å². The van der Waals surface area contributed by atoms with E-state index in [4.69, 9.17) is 4.74 Å². The molecule has 20 heavy (non-hydrogen) atoms. The van der Waals surface area contributed by atoms with Crippen LogP contribution in [0, 0.1) is 5.92 Å². The van der Waals surface area contributed by atoms with Crippen molar-refractivity contribution in [2.45, 2.75) is 47.9 Å². The Morgan fingerprint density at radius 2 is 2.10 bits per heavy atom. The average Bonchev–Trinajstić information content (AvgIpc) is 3.13. The maximum atomic E-state index is 12.9. The fourth-order valence-electron chi connectivity index (χ4n) is 4.14. The van der Waals surface area contributed by atoms with Crippen molar-refractivity contribution in [3.63, 3.8) is 0 Å². The summed E-state index contributed by atoms with van der Waals surface area (Å²) in [5.41, 5.74) is -0.234. The number of ether oxygens (including phenoxy) is 1. The summed E-state index contributed by atoms with van der Waals surface area (Å²) in [6.07, 6.45) is 2.82. The van der Waals surface area contributed by atoms with E-state index in [9.17, 15) is 13.2 Å². The maximum Gasteiger partial charge on any atom is 0.311 e. The molecule has 5 heteroatoms. The third kappa shape index (κ3) is 1.04. The standard InChI is InChI=1S/C15H16O4S/c1-2-3-8-14-10-6-4-5-7-12(10)20(17,18)15(14)9-11(15)13(16)19-14/h4-7,11H,2-3,8-9H2,1H3/t11-,14-,15+/m1/s1. The number of carbonyl (C=O) groups is 1. The summed E-state index contributed by atoms with van der Waals surface area (Å²) in [6.45, 7) is 2.06. The molecule has 106 valence electrons. The Morgan fingerprint density at radius 1 is 1.35 bits per heavy atom. The Bertz CT molecular complexity index is 723. The van der Waals surface area contributed by atoms with Gasteiger partial charge in [-0.3, -0.25) is 4.79 Å². The second kappa shape index (κ2) is 3.45. The van der Waals surface area contributed by atoms with Gasteiger partial charge in [-0.05, 0) is 25.3 Å². The fourth-order valence-corrected chi connectivity index (χ4v) is 6.86. The van der Waals surface area contributed by atoms with Crippen LogP contribution >= 0.6 is 0 Å². The van der Waals surface area contributed by atoms with Crippen molar-refractivity contribution in [2.75, 3.05) is 0 Å². The minimum Gasteiger partial charge on any atom is -0.452 e. The van der Waals surface area contributed by atoms with Crippen LogP contribution in [0.1, 0.15) is 38.2 Å². The molecule has 3 aliphatic rings. The fraction of sp³-hybridized carbons (Fsp3) is 0.533. The average molecular weight is 292 g/mol. The first kappa shape index (κ1) is 12.4. The van der Waals surface area contributed by atoms with Gasteiger partial charge in [0, 0.05) is 5.56 Å². The zero-order valence-electron chi connectivity index (χ0n) is 11.3. The third-order valence-electron chi connectivity index (χ3n) is 5.13. The second-order valence-corrected chi connectivity index (χ2v) is 8.17. The molecule has 0 radical (unpaired) electrons. The number of carbonyl (C=O) groups excluding carboxylic acids is 1. The van der Waals surface area contributed by atoms with Gasteiger partial charge in [0.25, 0.3) is 0 Å². The van der Waals surface area contributed by atoms with Gasteiger partial charge in [0.1, 0.15) is 4.75 Å². The molecule has 2 aliphatic heterocycles. The Kier molecular flexibility index (Phi) is 2.14. The molecule has 2 fully saturated rings. The molecule has 4 rings (SSSR count). The van der Waals surface area contributed by atoms with E-state index in [1.54, 1.807) is 12.1 Å². The smallest absolute Gasteiger partial charge is 0.311 e. The lowest BCUT2D eigenvalue weighted by Gasteiger charge is -2.30. The van der Waals surface area contributed by atoms with E-state index in [2.05, 4.69) is 6.92 Å². The summed E-state index contributed by atoms with van der Waals surface area (Å²) in [6, 6.07) is 7.02. The van der Waals surface area contributed by atoms with E-state index in [0.29, 0.717) is 23.3 Å². The highest BCUT2D eigenvalue weighted by molar-refractivity contribution is 7.93. The van der Waals surface area contributed by atoms with Gasteiger partial charge in [-0.2, -0.15) is 0 Å². The summed E-state index contributed by atoms with van der Waals surface area (Å²) in [4.78, 5) is 12.4. The largest absolute Gasteiger partial charge is 0.452 e. The minimum absolute atomic E-state index is 0.334. The molecule has 3 atom stereocenters. The van der Waals surface area contributed by atoms with Crippen molar-refractivity contribution in [3.8, 4) is 0 Å². The van der Waals surface area contributed by atoms with Crippen LogP contribution < -0.4 is 0 Å². The highest BCUT2D eigenvalue weighted by Crippen LogP contribution is 2.74. The summed E-state index contributed by atoms with van der Waals surface area (Å²) in [5.74, 6) is -0.795. The van der Waals surface area contributed by atoms with Gasteiger partial charge in [0.05, 0.1) is 10.8 Å². The Labute approximate surface area is 118 Å². The summed E-state index contributed by atoms with van der Waals surface area (Å²) in [5, 5.41) is 0. The van der Waals surface area contributed by atoms with Crippen molar-refractivity contribution >= 4 is 15.8 Å². The molecule has 1 saturated carbocycles. The molecular weight excluding hydrogens is 276 g/mol. The second-order valence-electron chi connectivity index (χ2n) is 6.00. The molecule has 0 bridgehead atoms. The number of hydrogen-bond donors (Lipinski definition) is 0. The maximum absolute atomic E-state index is 12.9. The SMILES string of the molecule is CCCC[C@]12OC(=O)[C@H]3C[C@]31S(=O)(=O)c1ccccc12. The number of sulfone groups is 1. The molecule has 1 aromatic carbocycles. The molecule has 0 N–H and O–H groups in total. The first-order valence-electron chi connectivity index (χ1n) is 7.08. The van der Waals surface area contributed by atoms with Crippen molar-refractivity contribution < 1.29 is 17.9 Å². The molecule has 1 aromatic rings. The lowest BCUT2D eigenvalue weighted by Crippen LogP contribution is -2.40. The van der Waals surface area contributed by atoms with Crippen molar-refractivity contribution in [2.24, 2.45) is 5.92 Å². The highest BCUT2D eigenvalue weighted by Gasteiger charge is 2.87. The van der Waals surface area contributed by atoms with Crippen LogP contribution in [0.2, 0.25) is 0 Å². The number of fused-ring (bicyclic) bond motifs is 2. The van der Waals surface area contributed by atoms with Crippen molar-refractivity contribution in [1.29, 1.82) is 0 Å². The first-order valence-corrected chi connectivity index (χ1v) is 8.56. The van der Waals surface area contributed by atoms with Gasteiger partial charge in [-0.15, -0.1) is 0 Å². The van der Waals surface area contributed by atoms with E-state index >= 15 is 0 Å². The van der Waals surface area contributed by atoms with Crippen molar-refractivity contribution in [1.82, 2.24) is 0 Å². The number of unbranched alkanes of at least 4 members (excludes halogenated alkanes) is 1. The Hall–Kier alpha value is -1.36. The molecule has 1 saturated heterocycles. The van der Waals surface area contributed by atoms with Crippen molar-refractivity contribution in [3.05, 3.63) is 29.8 Å². The molecule has 1 spiro atoms. The highest BCUT2D eigenvalue weighted by atomic mass is 32.2. The third-order valence-corrected chi connectivity index (χ3v) is 7.80. The monoisotopic (exact) mass is 292 g/mol. The van der Waals surface area contributed by atoms with Crippen LogP contribution in [0.5, 0.6) is 0 Å². The number of hydrogen-bond acceptors (Lipinski definition) is 4. The molecule has 4 nitrogen and oxygen atoms in total. The molecule has 0 amide bonds. The van der Waals surface area contributed by atoms with Gasteiger partial charge in [0.15, 0.2) is 15.4 Å². The van der Waals surface area contributed by atoms with Crippen LogP contribution in [0.4, 0.5) is 0 Å². The number of benzene rings is 1. The van der Waals surface area contributed by atoms with Crippen LogP contribution in [-0.2, 0) is 25.0 Å². The number of esters is 1.